The average Bonchev–Trinajstić information content (AvgIpc) is 3.53. The van der Waals surface area contributed by atoms with Crippen LogP contribution in [-0.4, -0.2) is 30.1 Å². The second-order valence-corrected chi connectivity index (χ2v) is 8.42. The molecule has 35 heavy (non-hydrogen) atoms. The molecule has 170 valence electrons. The molecule has 0 saturated carbocycles. The maximum Gasteiger partial charge on any atom is 0.116 e. The number of anilines is 1. The van der Waals surface area contributed by atoms with Gasteiger partial charge in [0.1, 0.15) is 5.69 Å². The summed E-state index contributed by atoms with van der Waals surface area (Å²) in [4.78, 5) is 16.8. The number of nitrogens with one attached hydrogen (secondary N) is 3. The second kappa shape index (κ2) is 8.53. The van der Waals surface area contributed by atoms with Gasteiger partial charge in [0, 0.05) is 46.2 Å². The summed E-state index contributed by atoms with van der Waals surface area (Å²) in [7, 11) is 0. The van der Waals surface area contributed by atoms with Crippen LogP contribution in [0.1, 0.15) is 13.3 Å². The third-order valence-electron chi connectivity index (χ3n) is 6.12. The monoisotopic (exact) mass is 457 g/mol. The molecule has 6 aromatic rings. The molecule has 0 aliphatic carbocycles. The fourth-order valence-corrected chi connectivity index (χ4v) is 4.26. The molecule has 5 heterocycles. The quantitative estimate of drug-likeness (QED) is 0.263. The highest BCUT2D eigenvalue weighted by atomic mass is 15.1. The Kier molecular flexibility index (Phi) is 5.07. The maximum absolute atomic E-state index is 4.63. The van der Waals surface area contributed by atoms with Gasteiger partial charge in [-0.05, 0) is 48.4 Å². The van der Waals surface area contributed by atoms with Gasteiger partial charge in [0.15, 0.2) is 0 Å². The maximum atomic E-state index is 4.63. The summed E-state index contributed by atoms with van der Waals surface area (Å²) in [5, 5.41) is 13.2. The fraction of sp³-hybridized carbons (Fsp3) is 0.0714. The van der Waals surface area contributed by atoms with Gasteiger partial charge in [0.05, 0.1) is 40.5 Å². The van der Waals surface area contributed by atoms with Crippen LogP contribution in [0.5, 0.6) is 0 Å². The number of aromatic nitrogens is 6. The molecule has 0 fully saturated rings. The molecule has 0 aliphatic rings. The number of rotatable bonds is 6. The zero-order chi connectivity index (χ0) is 23.8. The smallest absolute Gasteiger partial charge is 0.116 e. The minimum atomic E-state index is 0.853. The largest absolute Gasteiger partial charge is 0.358 e. The molecule has 0 unspecified atom stereocenters. The molecular formula is C28H23N7. The van der Waals surface area contributed by atoms with Crippen LogP contribution < -0.4 is 5.32 Å². The lowest BCUT2D eigenvalue weighted by molar-refractivity contribution is 1.11. The number of allylic oxidation sites excluding steroid dienone is 1. The first kappa shape index (κ1) is 20.8. The molecule has 5 aromatic heterocycles. The molecule has 0 saturated heterocycles. The average molecular weight is 458 g/mol. The Morgan fingerprint density at radius 3 is 2.69 bits per heavy atom. The first-order valence-corrected chi connectivity index (χ1v) is 11.5. The molecular weight excluding hydrogens is 434 g/mol. The zero-order valence-electron chi connectivity index (χ0n) is 19.2. The summed E-state index contributed by atoms with van der Waals surface area (Å²) in [6, 6.07) is 16.4. The van der Waals surface area contributed by atoms with E-state index < -0.39 is 0 Å². The van der Waals surface area contributed by atoms with Crippen LogP contribution in [0.4, 0.5) is 5.69 Å². The van der Waals surface area contributed by atoms with Crippen molar-refractivity contribution in [1.82, 2.24) is 30.1 Å². The Balaban J connectivity index is 1.43. The van der Waals surface area contributed by atoms with Crippen LogP contribution in [0.3, 0.4) is 0 Å². The molecule has 7 heteroatoms. The van der Waals surface area contributed by atoms with E-state index >= 15 is 0 Å². The van der Waals surface area contributed by atoms with E-state index in [0.717, 1.165) is 73.4 Å². The molecule has 7 nitrogen and oxygen atoms in total. The third-order valence-corrected chi connectivity index (χ3v) is 6.12. The minimum Gasteiger partial charge on any atom is -0.358 e. The van der Waals surface area contributed by atoms with E-state index in [0.29, 0.717) is 0 Å². The van der Waals surface area contributed by atoms with Crippen molar-refractivity contribution in [1.29, 1.82) is 0 Å². The van der Waals surface area contributed by atoms with E-state index in [4.69, 9.17) is 0 Å². The summed E-state index contributed by atoms with van der Waals surface area (Å²) in [5.41, 5.74) is 9.50. The summed E-state index contributed by atoms with van der Waals surface area (Å²) in [5.74, 6) is 0. The Bertz CT molecular complexity index is 1680. The normalized spacial score (nSPS) is 11.2. The third kappa shape index (κ3) is 3.83. The number of fused-ring (bicyclic) bond motifs is 2. The van der Waals surface area contributed by atoms with Crippen molar-refractivity contribution in [3.63, 3.8) is 0 Å². The minimum absolute atomic E-state index is 0.853. The van der Waals surface area contributed by atoms with Gasteiger partial charge in [0.25, 0.3) is 0 Å². The van der Waals surface area contributed by atoms with Crippen LogP contribution in [0.15, 0.2) is 91.8 Å². The van der Waals surface area contributed by atoms with Crippen molar-refractivity contribution < 1.29 is 0 Å². The van der Waals surface area contributed by atoms with Gasteiger partial charge in [0.2, 0.25) is 0 Å². The molecule has 3 N–H and O–H groups in total. The summed E-state index contributed by atoms with van der Waals surface area (Å²) >= 11 is 0. The van der Waals surface area contributed by atoms with Crippen molar-refractivity contribution in [2.24, 2.45) is 0 Å². The Labute approximate surface area is 202 Å². The lowest BCUT2D eigenvalue weighted by Crippen LogP contribution is -1.97. The molecule has 0 spiro atoms. The van der Waals surface area contributed by atoms with Gasteiger partial charge >= 0.3 is 0 Å². The van der Waals surface area contributed by atoms with Crippen molar-refractivity contribution in [3.8, 4) is 33.8 Å². The summed E-state index contributed by atoms with van der Waals surface area (Å²) < 4.78 is 0. The van der Waals surface area contributed by atoms with Gasteiger partial charge in [-0.25, -0.2) is 0 Å². The molecule has 6 rings (SSSR count). The highest BCUT2D eigenvalue weighted by Gasteiger charge is 2.15. The standard InChI is InChI=1S/C28H23N7/c1-3-17(2)32-20-10-19(13-29-14-20)18-7-8-25-22(11-18)28(35-34-25)26-12-21-23(15-30-16-27(21)33-26)24-6-4-5-9-31-24/h4-16,32-33H,2-3H2,1H3,(H,34,35). The Morgan fingerprint density at radius 1 is 0.914 bits per heavy atom. The van der Waals surface area contributed by atoms with Crippen molar-refractivity contribution in [2.45, 2.75) is 13.3 Å². The predicted molar refractivity (Wildman–Crippen MR) is 141 cm³/mol. The lowest BCUT2D eigenvalue weighted by Gasteiger charge is -2.09. The second-order valence-electron chi connectivity index (χ2n) is 8.42. The van der Waals surface area contributed by atoms with Gasteiger partial charge in [-0.1, -0.05) is 25.6 Å². The van der Waals surface area contributed by atoms with Crippen LogP contribution in [-0.2, 0) is 0 Å². The predicted octanol–water partition coefficient (Wildman–Crippen LogP) is 6.57. The SMILES string of the molecule is C=C(CC)Nc1cncc(-c2ccc3[nH]nc(-c4cc5c(-c6ccccn6)cncc5[nH]4)c3c2)c1. The van der Waals surface area contributed by atoms with E-state index in [2.05, 4.69) is 79.3 Å². The van der Waals surface area contributed by atoms with Gasteiger partial charge < -0.3 is 10.3 Å². The number of aromatic amines is 2. The number of H-pyrrole nitrogens is 2. The van der Waals surface area contributed by atoms with Gasteiger partial charge in [-0.2, -0.15) is 5.10 Å². The molecule has 0 amide bonds. The highest BCUT2D eigenvalue weighted by Crippen LogP contribution is 2.34. The van der Waals surface area contributed by atoms with E-state index in [-0.39, 0.29) is 0 Å². The molecule has 1 aromatic carbocycles. The van der Waals surface area contributed by atoms with E-state index in [1.54, 1.807) is 6.20 Å². The number of pyridine rings is 3. The topological polar surface area (TPSA) is 95.2 Å². The van der Waals surface area contributed by atoms with Crippen LogP contribution in [0, 0.1) is 0 Å². The number of hydrogen-bond donors (Lipinski definition) is 3. The molecule has 0 aliphatic heterocycles. The van der Waals surface area contributed by atoms with Gasteiger partial charge in [-0.3, -0.25) is 20.1 Å². The lowest BCUT2D eigenvalue weighted by atomic mass is 10.0. The fourth-order valence-electron chi connectivity index (χ4n) is 4.26. The molecule has 0 atom stereocenters. The van der Waals surface area contributed by atoms with Gasteiger partial charge in [-0.15, -0.1) is 0 Å². The number of benzene rings is 1. The molecule has 0 bridgehead atoms. The van der Waals surface area contributed by atoms with Crippen molar-refractivity contribution in [2.75, 3.05) is 5.32 Å². The summed E-state index contributed by atoms with van der Waals surface area (Å²) in [6.07, 6.45) is 10.0. The van der Waals surface area contributed by atoms with Crippen LogP contribution in [0.25, 0.3) is 55.6 Å². The van der Waals surface area contributed by atoms with Crippen molar-refractivity contribution in [3.05, 3.63) is 91.8 Å². The van der Waals surface area contributed by atoms with Crippen LogP contribution in [0.2, 0.25) is 0 Å². The summed E-state index contributed by atoms with van der Waals surface area (Å²) in [6.45, 7) is 6.10. The van der Waals surface area contributed by atoms with Crippen LogP contribution >= 0.6 is 0 Å². The Hall–Kier alpha value is -4.78. The number of hydrogen-bond acceptors (Lipinski definition) is 5. The van der Waals surface area contributed by atoms with Crippen molar-refractivity contribution >= 4 is 27.5 Å². The van der Waals surface area contributed by atoms with E-state index in [9.17, 15) is 0 Å². The Morgan fingerprint density at radius 2 is 1.83 bits per heavy atom. The highest BCUT2D eigenvalue weighted by molar-refractivity contribution is 6.01. The first-order valence-electron chi connectivity index (χ1n) is 11.5. The first-order chi connectivity index (χ1) is 17.2. The molecule has 0 radical (unpaired) electrons. The number of nitrogens with zero attached hydrogens (tertiary/aromatic N) is 4. The zero-order valence-corrected chi connectivity index (χ0v) is 19.2. The van der Waals surface area contributed by atoms with E-state index in [1.165, 1.54) is 0 Å². The van der Waals surface area contributed by atoms with E-state index in [1.807, 2.05) is 43.0 Å².